The van der Waals surface area contributed by atoms with E-state index in [0.29, 0.717) is 36.2 Å². The SMILES string of the molecule is Fc1ccc(-c2nc3n(c2-c2ccncc2)[C@H](COCc2cc(C(F)(F)F)cc(C(F)(F)F)c2)CC3)cc1. The van der Waals surface area contributed by atoms with Crippen LogP contribution in [0.4, 0.5) is 30.7 Å². The maximum atomic E-state index is 13.5. The lowest BCUT2D eigenvalue weighted by Gasteiger charge is -2.19. The molecule has 2 aromatic carbocycles. The van der Waals surface area contributed by atoms with E-state index in [1.165, 1.54) is 12.1 Å². The molecule has 1 atom stereocenters. The molecule has 0 bridgehead atoms. The second kappa shape index (κ2) is 9.86. The zero-order valence-electron chi connectivity index (χ0n) is 19.7. The summed E-state index contributed by atoms with van der Waals surface area (Å²) in [6, 6.07) is 10.7. The Hall–Kier alpha value is -3.73. The number of hydrogen-bond acceptors (Lipinski definition) is 3. The van der Waals surface area contributed by atoms with Crippen molar-refractivity contribution in [2.45, 2.75) is 37.8 Å². The van der Waals surface area contributed by atoms with Gasteiger partial charge in [-0.05, 0) is 66.6 Å². The van der Waals surface area contributed by atoms with Crippen LogP contribution in [0.25, 0.3) is 22.5 Å². The van der Waals surface area contributed by atoms with Gasteiger partial charge in [-0.2, -0.15) is 26.3 Å². The van der Waals surface area contributed by atoms with Crippen LogP contribution in [0.1, 0.15) is 35.0 Å². The molecule has 11 heteroatoms. The number of rotatable bonds is 6. The minimum absolute atomic E-state index is 0.0435. The molecule has 0 N–H and O–H groups in total. The van der Waals surface area contributed by atoms with E-state index >= 15 is 0 Å². The molecule has 4 nitrogen and oxygen atoms in total. The van der Waals surface area contributed by atoms with Gasteiger partial charge in [0.25, 0.3) is 0 Å². The summed E-state index contributed by atoms with van der Waals surface area (Å²) in [5.41, 5.74) is -0.110. The number of benzene rings is 2. The summed E-state index contributed by atoms with van der Waals surface area (Å²) >= 11 is 0. The van der Waals surface area contributed by atoms with Gasteiger partial charge < -0.3 is 9.30 Å². The van der Waals surface area contributed by atoms with Crippen LogP contribution in [0, 0.1) is 5.82 Å². The first kappa shape index (κ1) is 25.9. The van der Waals surface area contributed by atoms with Crippen LogP contribution < -0.4 is 0 Å². The first-order chi connectivity index (χ1) is 18.0. The van der Waals surface area contributed by atoms with Gasteiger partial charge in [-0.25, -0.2) is 9.37 Å². The summed E-state index contributed by atoms with van der Waals surface area (Å²) in [6.45, 7) is -0.384. The van der Waals surface area contributed by atoms with Crippen molar-refractivity contribution in [3.05, 3.63) is 95.3 Å². The second-order valence-corrected chi connectivity index (χ2v) is 8.96. The number of aromatic nitrogens is 3. The molecule has 198 valence electrons. The highest BCUT2D eigenvalue weighted by atomic mass is 19.4. The lowest BCUT2D eigenvalue weighted by atomic mass is 10.0. The van der Waals surface area contributed by atoms with Crippen LogP contribution >= 0.6 is 0 Å². The smallest absolute Gasteiger partial charge is 0.375 e. The molecule has 0 amide bonds. The summed E-state index contributed by atoms with van der Waals surface area (Å²) in [5, 5.41) is 0. The Morgan fingerprint density at radius 3 is 2.08 bits per heavy atom. The molecule has 0 saturated carbocycles. The molecule has 0 saturated heterocycles. The minimum atomic E-state index is -4.93. The Bertz CT molecular complexity index is 1400. The number of aryl methyl sites for hydroxylation is 1. The molecule has 4 aromatic rings. The molecule has 38 heavy (non-hydrogen) atoms. The molecule has 0 fully saturated rings. The van der Waals surface area contributed by atoms with Crippen LogP contribution in [0.3, 0.4) is 0 Å². The molecule has 5 rings (SSSR count). The summed E-state index contributed by atoms with van der Waals surface area (Å²) < 4.78 is 100. The molecule has 0 unspecified atom stereocenters. The normalized spacial score (nSPS) is 15.6. The number of nitrogens with zero attached hydrogens (tertiary/aromatic N) is 3. The average molecular weight is 535 g/mol. The Balaban J connectivity index is 1.43. The van der Waals surface area contributed by atoms with Gasteiger partial charge in [0.05, 0.1) is 41.8 Å². The van der Waals surface area contributed by atoms with Crippen molar-refractivity contribution in [3.63, 3.8) is 0 Å². The molecule has 0 radical (unpaired) electrons. The van der Waals surface area contributed by atoms with Gasteiger partial charge in [0.2, 0.25) is 0 Å². The van der Waals surface area contributed by atoms with Crippen LogP contribution in [0.15, 0.2) is 67.0 Å². The largest absolute Gasteiger partial charge is 0.416 e. The molecule has 3 heterocycles. The monoisotopic (exact) mass is 535 g/mol. The molecule has 1 aliphatic heterocycles. The van der Waals surface area contributed by atoms with Crippen molar-refractivity contribution in [2.24, 2.45) is 0 Å². The van der Waals surface area contributed by atoms with E-state index in [2.05, 4.69) is 4.98 Å². The van der Waals surface area contributed by atoms with Crippen molar-refractivity contribution in [3.8, 4) is 22.5 Å². The van der Waals surface area contributed by atoms with Gasteiger partial charge in [0.15, 0.2) is 0 Å². The predicted octanol–water partition coefficient (Wildman–Crippen LogP) is 7.49. The first-order valence-electron chi connectivity index (χ1n) is 11.6. The Morgan fingerprint density at radius 1 is 0.842 bits per heavy atom. The van der Waals surface area contributed by atoms with E-state index in [-0.39, 0.29) is 30.1 Å². The number of ether oxygens (including phenoxy) is 1. The number of alkyl halides is 6. The third-order valence-corrected chi connectivity index (χ3v) is 6.35. The van der Waals surface area contributed by atoms with Gasteiger partial charge in [0.1, 0.15) is 11.6 Å². The second-order valence-electron chi connectivity index (χ2n) is 8.96. The highest BCUT2D eigenvalue weighted by molar-refractivity contribution is 5.79. The van der Waals surface area contributed by atoms with Crippen molar-refractivity contribution in [1.29, 1.82) is 0 Å². The number of halogens is 7. The molecule has 2 aromatic heterocycles. The third kappa shape index (κ3) is 5.28. The fourth-order valence-corrected chi connectivity index (χ4v) is 4.64. The molecule has 1 aliphatic rings. The van der Waals surface area contributed by atoms with Crippen molar-refractivity contribution in [2.75, 3.05) is 6.61 Å². The molecular weight excluding hydrogens is 515 g/mol. The van der Waals surface area contributed by atoms with Gasteiger partial charge >= 0.3 is 12.4 Å². The van der Waals surface area contributed by atoms with Crippen LogP contribution in [-0.4, -0.2) is 21.1 Å². The van der Waals surface area contributed by atoms with Gasteiger partial charge in [-0.15, -0.1) is 0 Å². The first-order valence-corrected chi connectivity index (χ1v) is 11.6. The summed E-state index contributed by atoms with van der Waals surface area (Å²) in [7, 11) is 0. The summed E-state index contributed by atoms with van der Waals surface area (Å²) in [6.07, 6.45) is -5.39. The lowest BCUT2D eigenvalue weighted by Crippen LogP contribution is -2.14. The van der Waals surface area contributed by atoms with Crippen LogP contribution in [0.2, 0.25) is 0 Å². The van der Waals surface area contributed by atoms with E-state index in [9.17, 15) is 30.7 Å². The van der Waals surface area contributed by atoms with E-state index in [0.717, 1.165) is 17.1 Å². The fraction of sp³-hybridized carbons (Fsp3) is 0.259. The highest BCUT2D eigenvalue weighted by Gasteiger charge is 2.37. The van der Waals surface area contributed by atoms with Gasteiger partial charge in [0, 0.05) is 29.9 Å². The highest BCUT2D eigenvalue weighted by Crippen LogP contribution is 2.40. The Labute approximate surface area is 212 Å². The molecule has 0 spiro atoms. The topological polar surface area (TPSA) is 39.9 Å². The van der Waals surface area contributed by atoms with E-state index < -0.39 is 30.1 Å². The van der Waals surface area contributed by atoms with Crippen LogP contribution in [0.5, 0.6) is 0 Å². The van der Waals surface area contributed by atoms with E-state index in [4.69, 9.17) is 9.72 Å². The molecule has 0 aliphatic carbocycles. The van der Waals surface area contributed by atoms with Crippen molar-refractivity contribution < 1.29 is 35.5 Å². The predicted molar refractivity (Wildman–Crippen MR) is 124 cm³/mol. The number of imidazole rings is 1. The zero-order chi connectivity index (χ0) is 27.1. The molecular formula is C27H20F7N3O. The van der Waals surface area contributed by atoms with Crippen molar-refractivity contribution in [1.82, 2.24) is 14.5 Å². The lowest BCUT2D eigenvalue weighted by molar-refractivity contribution is -0.143. The maximum Gasteiger partial charge on any atom is 0.416 e. The van der Waals surface area contributed by atoms with Gasteiger partial charge in [-0.3, -0.25) is 4.98 Å². The average Bonchev–Trinajstić information content (AvgIpc) is 3.44. The third-order valence-electron chi connectivity index (χ3n) is 6.35. The number of fused-ring (bicyclic) bond motifs is 1. The summed E-state index contributed by atoms with van der Waals surface area (Å²) in [5.74, 6) is 0.365. The summed E-state index contributed by atoms with van der Waals surface area (Å²) in [4.78, 5) is 8.82. The zero-order valence-corrected chi connectivity index (χ0v) is 19.7. The number of hydrogen-bond donors (Lipinski definition) is 0. The Morgan fingerprint density at radius 2 is 1.47 bits per heavy atom. The Kier molecular flexibility index (Phi) is 6.72. The number of pyridine rings is 1. The van der Waals surface area contributed by atoms with E-state index in [1.54, 1.807) is 36.7 Å². The van der Waals surface area contributed by atoms with Gasteiger partial charge in [-0.1, -0.05) is 0 Å². The quantitative estimate of drug-likeness (QED) is 0.240. The van der Waals surface area contributed by atoms with Crippen molar-refractivity contribution >= 4 is 0 Å². The van der Waals surface area contributed by atoms with E-state index in [1.807, 2.05) is 4.57 Å². The van der Waals surface area contributed by atoms with Crippen LogP contribution in [-0.2, 0) is 30.1 Å². The fourth-order valence-electron chi connectivity index (χ4n) is 4.64. The maximum absolute atomic E-state index is 13.5. The minimum Gasteiger partial charge on any atom is -0.375 e. The standard InChI is InChI=1S/C27H20F7N3O/c28-21-3-1-17(2-4-21)24-25(18-7-9-35-10-8-18)37-22(5-6-23(37)36-24)15-38-14-16-11-19(26(29,30)31)13-20(12-16)27(32,33)34/h1-4,7-13,22H,5-6,14-15H2/t22-/m0/s1.